The molecule has 1 aromatic rings. The molecule has 0 aromatic heterocycles. The predicted molar refractivity (Wildman–Crippen MR) is 99.5 cm³/mol. The summed E-state index contributed by atoms with van der Waals surface area (Å²) < 4.78 is 5.40. The molecule has 0 radical (unpaired) electrons. The number of benzene rings is 1. The van der Waals surface area contributed by atoms with Crippen LogP contribution in [-0.4, -0.2) is 55.6 Å². The Morgan fingerprint density at radius 3 is 2.96 bits per heavy atom. The Bertz CT molecular complexity index is 631. The van der Waals surface area contributed by atoms with E-state index in [0.717, 1.165) is 37.2 Å². The van der Waals surface area contributed by atoms with Crippen LogP contribution in [0, 0.1) is 5.92 Å². The van der Waals surface area contributed by atoms with Gasteiger partial charge in [-0.25, -0.2) is 0 Å². The zero-order valence-electron chi connectivity index (χ0n) is 15.1. The van der Waals surface area contributed by atoms with Gasteiger partial charge in [0.2, 0.25) is 11.8 Å². The molecule has 142 valence electrons. The minimum atomic E-state index is -0.224. The number of morpholine rings is 1. The molecular formula is C19H28N4O3. The van der Waals surface area contributed by atoms with Crippen molar-refractivity contribution in [2.45, 2.75) is 31.8 Å². The van der Waals surface area contributed by atoms with Crippen LogP contribution in [0.5, 0.6) is 0 Å². The van der Waals surface area contributed by atoms with Crippen molar-refractivity contribution in [1.29, 1.82) is 0 Å². The number of carbonyl (C=O) groups excluding carboxylic acids is 2. The first-order valence-corrected chi connectivity index (χ1v) is 9.32. The van der Waals surface area contributed by atoms with Crippen LogP contribution in [0.2, 0.25) is 0 Å². The number of likely N-dealkylation sites (tertiary alicyclic amines) is 1. The highest BCUT2D eigenvalue weighted by molar-refractivity contribution is 5.91. The zero-order valence-corrected chi connectivity index (χ0v) is 15.1. The molecule has 2 atom stereocenters. The minimum Gasteiger partial charge on any atom is -0.378 e. The number of hydrogen-bond donors (Lipinski definition) is 3. The molecule has 2 aliphatic heterocycles. The van der Waals surface area contributed by atoms with Gasteiger partial charge in [-0.05, 0) is 31.0 Å². The van der Waals surface area contributed by atoms with Crippen molar-refractivity contribution in [2.24, 2.45) is 11.7 Å². The number of hydrogen-bond acceptors (Lipinski definition) is 5. The number of amides is 2. The Balaban J connectivity index is 1.58. The lowest BCUT2D eigenvalue weighted by Gasteiger charge is -2.31. The summed E-state index contributed by atoms with van der Waals surface area (Å²) >= 11 is 0. The van der Waals surface area contributed by atoms with E-state index in [9.17, 15) is 9.59 Å². The maximum Gasteiger partial charge on any atom is 0.226 e. The van der Waals surface area contributed by atoms with Crippen LogP contribution in [-0.2, 0) is 20.9 Å². The number of para-hydroxylation sites is 1. The van der Waals surface area contributed by atoms with Crippen molar-refractivity contribution in [3.8, 4) is 0 Å². The van der Waals surface area contributed by atoms with Crippen LogP contribution >= 0.6 is 0 Å². The molecule has 2 amide bonds. The number of rotatable bonds is 6. The fourth-order valence-corrected chi connectivity index (χ4v) is 3.63. The smallest absolute Gasteiger partial charge is 0.226 e. The Morgan fingerprint density at radius 1 is 1.35 bits per heavy atom. The molecule has 2 heterocycles. The molecule has 0 aliphatic carbocycles. The summed E-state index contributed by atoms with van der Waals surface area (Å²) in [4.78, 5) is 26.1. The molecule has 7 heteroatoms. The lowest BCUT2D eigenvalue weighted by molar-refractivity contribution is -0.123. The number of anilines is 1. The monoisotopic (exact) mass is 360 g/mol. The fourth-order valence-electron chi connectivity index (χ4n) is 3.63. The van der Waals surface area contributed by atoms with Crippen molar-refractivity contribution in [3.05, 3.63) is 29.8 Å². The second kappa shape index (κ2) is 9.12. The normalized spacial score (nSPS) is 24.2. The number of primary amides is 1. The summed E-state index contributed by atoms with van der Waals surface area (Å²) in [5, 5.41) is 6.32. The number of nitrogens with two attached hydrogens (primary N) is 1. The SMILES string of the molecule is NC(=O)C1CCCN(Cc2ccccc2NC(=O)CC2COCCN2)C1. The maximum atomic E-state index is 12.4. The molecule has 1 aromatic carbocycles. The van der Waals surface area contributed by atoms with Crippen LogP contribution < -0.4 is 16.4 Å². The van der Waals surface area contributed by atoms with Gasteiger partial charge in [-0.3, -0.25) is 14.5 Å². The zero-order chi connectivity index (χ0) is 18.4. The summed E-state index contributed by atoms with van der Waals surface area (Å²) in [7, 11) is 0. The largest absolute Gasteiger partial charge is 0.378 e. The van der Waals surface area contributed by atoms with Gasteiger partial charge in [-0.1, -0.05) is 18.2 Å². The molecule has 3 rings (SSSR count). The third-order valence-electron chi connectivity index (χ3n) is 5.02. The lowest BCUT2D eigenvalue weighted by Crippen LogP contribution is -2.43. The number of carbonyl (C=O) groups is 2. The topological polar surface area (TPSA) is 96.7 Å². The van der Waals surface area contributed by atoms with E-state index in [1.165, 1.54) is 0 Å². The molecule has 0 saturated carbocycles. The first kappa shape index (κ1) is 18.8. The maximum absolute atomic E-state index is 12.4. The van der Waals surface area contributed by atoms with E-state index in [2.05, 4.69) is 15.5 Å². The Labute approximate surface area is 154 Å². The van der Waals surface area contributed by atoms with Crippen molar-refractivity contribution < 1.29 is 14.3 Å². The summed E-state index contributed by atoms with van der Waals surface area (Å²) in [6.45, 7) is 4.37. The van der Waals surface area contributed by atoms with Gasteiger partial charge in [0.15, 0.2) is 0 Å². The molecule has 0 spiro atoms. The third-order valence-corrected chi connectivity index (χ3v) is 5.02. The van der Waals surface area contributed by atoms with Crippen LogP contribution in [0.4, 0.5) is 5.69 Å². The van der Waals surface area contributed by atoms with Gasteiger partial charge < -0.3 is 21.1 Å². The molecule has 7 nitrogen and oxygen atoms in total. The van der Waals surface area contributed by atoms with Gasteiger partial charge in [0, 0.05) is 37.8 Å². The second-order valence-corrected chi connectivity index (χ2v) is 7.11. The van der Waals surface area contributed by atoms with Crippen molar-refractivity contribution in [2.75, 3.05) is 38.2 Å². The van der Waals surface area contributed by atoms with E-state index >= 15 is 0 Å². The Morgan fingerprint density at radius 2 is 2.19 bits per heavy atom. The molecule has 4 N–H and O–H groups in total. The molecular weight excluding hydrogens is 332 g/mol. The van der Waals surface area contributed by atoms with Crippen LogP contribution in [0.15, 0.2) is 24.3 Å². The first-order chi connectivity index (χ1) is 12.6. The highest BCUT2D eigenvalue weighted by atomic mass is 16.5. The summed E-state index contributed by atoms with van der Waals surface area (Å²) in [6, 6.07) is 7.90. The van der Waals surface area contributed by atoms with E-state index in [-0.39, 0.29) is 23.8 Å². The van der Waals surface area contributed by atoms with E-state index in [1.54, 1.807) is 0 Å². The van der Waals surface area contributed by atoms with Gasteiger partial charge >= 0.3 is 0 Å². The van der Waals surface area contributed by atoms with Gasteiger partial charge in [0.1, 0.15) is 0 Å². The van der Waals surface area contributed by atoms with Gasteiger partial charge in [0.25, 0.3) is 0 Å². The molecule has 2 aliphatic rings. The van der Waals surface area contributed by atoms with E-state index in [0.29, 0.717) is 32.7 Å². The van der Waals surface area contributed by atoms with Crippen LogP contribution in [0.25, 0.3) is 0 Å². The van der Waals surface area contributed by atoms with Gasteiger partial charge in [-0.2, -0.15) is 0 Å². The Hall–Kier alpha value is -1.96. The van der Waals surface area contributed by atoms with Crippen LogP contribution in [0.3, 0.4) is 0 Å². The van der Waals surface area contributed by atoms with Crippen LogP contribution in [0.1, 0.15) is 24.8 Å². The number of ether oxygens (including phenoxy) is 1. The highest BCUT2D eigenvalue weighted by Gasteiger charge is 2.24. The van der Waals surface area contributed by atoms with Crippen molar-refractivity contribution in [1.82, 2.24) is 10.2 Å². The van der Waals surface area contributed by atoms with Crippen molar-refractivity contribution in [3.63, 3.8) is 0 Å². The van der Waals surface area contributed by atoms with Gasteiger partial charge in [-0.15, -0.1) is 0 Å². The Kier molecular flexibility index (Phi) is 6.60. The molecule has 2 fully saturated rings. The standard InChI is InChI=1S/C19H28N4O3/c20-19(25)15-5-3-8-23(12-15)11-14-4-1-2-6-17(14)22-18(24)10-16-13-26-9-7-21-16/h1-2,4,6,15-16,21H,3,5,7-13H2,(H2,20,25)(H,22,24). The second-order valence-electron chi connectivity index (χ2n) is 7.11. The molecule has 0 bridgehead atoms. The minimum absolute atomic E-state index is 0.0193. The average molecular weight is 360 g/mol. The lowest BCUT2D eigenvalue weighted by atomic mass is 9.97. The highest BCUT2D eigenvalue weighted by Crippen LogP contribution is 2.22. The predicted octanol–water partition coefficient (Wildman–Crippen LogP) is 0.701. The first-order valence-electron chi connectivity index (χ1n) is 9.32. The fraction of sp³-hybridized carbons (Fsp3) is 0.579. The summed E-state index contributed by atoms with van der Waals surface area (Å²) in [5.41, 5.74) is 7.35. The quantitative estimate of drug-likeness (QED) is 0.694. The molecule has 26 heavy (non-hydrogen) atoms. The number of nitrogens with zero attached hydrogens (tertiary/aromatic N) is 1. The van der Waals surface area contributed by atoms with E-state index in [4.69, 9.17) is 10.5 Å². The third kappa shape index (κ3) is 5.27. The van der Waals surface area contributed by atoms with E-state index in [1.807, 2.05) is 24.3 Å². The van der Waals surface area contributed by atoms with Crippen molar-refractivity contribution >= 4 is 17.5 Å². The van der Waals surface area contributed by atoms with Gasteiger partial charge in [0.05, 0.1) is 19.1 Å². The molecule has 2 saturated heterocycles. The number of piperidine rings is 1. The van der Waals surface area contributed by atoms with E-state index < -0.39 is 0 Å². The number of nitrogens with one attached hydrogen (secondary N) is 2. The average Bonchev–Trinajstić information content (AvgIpc) is 2.64. The molecule has 2 unspecified atom stereocenters. The summed E-state index contributed by atoms with van der Waals surface area (Å²) in [6.07, 6.45) is 2.22. The summed E-state index contributed by atoms with van der Waals surface area (Å²) in [5.74, 6) is -0.324.